The monoisotopic (exact) mass is 569 g/mol. The average Bonchev–Trinajstić information content (AvgIpc) is 3.85. The summed E-state index contributed by atoms with van der Waals surface area (Å²) < 4.78 is 47.9. The van der Waals surface area contributed by atoms with E-state index in [0.717, 1.165) is 35.1 Å². The second kappa shape index (κ2) is 10.8. The van der Waals surface area contributed by atoms with E-state index in [-0.39, 0.29) is 48.5 Å². The second-order valence-corrected chi connectivity index (χ2v) is 11.0. The number of carbonyl (C=O) groups excluding carboxylic acids is 2. The van der Waals surface area contributed by atoms with E-state index in [1.54, 1.807) is 13.0 Å². The van der Waals surface area contributed by atoms with Gasteiger partial charge < -0.3 is 19.9 Å². The van der Waals surface area contributed by atoms with E-state index < -0.39 is 6.36 Å². The molecule has 2 heterocycles. The van der Waals surface area contributed by atoms with Gasteiger partial charge in [-0.25, -0.2) is 0 Å². The van der Waals surface area contributed by atoms with E-state index in [2.05, 4.69) is 30.4 Å². The molecule has 2 aliphatic carbocycles. The lowest BCUT2D eigenvalue weighted by molar-refractivity contribution is -0.274. The third-order valence-electron chi connectivity index (χ3n) is 7.72. The van der Waals surface area contributed by atoms with Crippen molar-refractivity contribution in [2.45, 2.75) is 64.0 Å². The average molecular weight is 570 g/mol. The number of carbonyl (C=O) groups is 2. The Hall–Kier alpha value is -3.93. The largest absolute Gasteiger partial charge is 0.573 e. The van der Waals surface area contributed by atoms with Gasteiger partial charge in [-0.15, -0.1) is 13.2 Å². The quantitative estimate of drug-likeness (QED) is 0.401. The summed E-state index contributed by atoms with van der Waals surface area (Å²) in [5.74, 6) is 0.282. The lowest BCUT2D eigenvalue weighted by Crippen LogP contribution is -2.41. The molecule has 2 amide bonds. The molecule has 12 heteroatoms. The summed E-state index contributed by atoms with van der Waals surface area (Å²) in [6.07, 6.45) is -1.52. The molecule has 2 N–H and O–H groups in total. The normalized spacial score (nSPS) is 20.3. The predicted octanol–water partition coefficient (Wildman–Crippen LogP) is 4.00. The second-order valence-electron chi connectivity index (χ2n) is 11.0. The zero-order valence-corrected chi connectivity index (χ0v) is 22.5. The van der Waals surface area contributed by atoms with E-state index >= 15 is 0 Å². The molecule has 2 atom stereocenters. The third-order valence-corrected chi connectivity index (χ3v) is 7.72. The number of halogens is 3. The minimum atomic E-state index is -4.79. The molecule has 9 nitrogen and oxygen atoms in total. The molecule has 2 aromatic carbocycles. The number of hydrogen-bond acceptors (Lipinski definition) is 7. The zero-order chi connectivity index (χ0) is 28.7. The molecule has 41 heavy (non-hydrogen) atoms. The van der Waals surface area contributed by atoms with Crippen molar-refractivity contribution >= 4 is 11.8 Å². The number of aryl methyl sites for hydroxylation is 1. The fourth-order valence-electron chi connectivity index (χ4n) is 5.47. The SMILES string of the molecule is Cc1noc([C@@H]2C[C@@H]2C(=O)NCc2ccc(-c3cccc(OC(F)(F)F)c3)c3c2CN(CC(=O)NC2CC2)CC3)n1. The van der Waals surface area contributed by atoms with Crippen molar-refractivity contribution in [3.8, 4) is 16.9 Å². The van der Waals surface area contributed by atoms with Gasteiger partial charge >= 0.3 is 6.36 Å². The Kier molecular flexibility index (Phi) is 7.18. The number of benzene rings is 2. The van der Waals surface area contributed by atoms with Crippen LogP contribution in [-0.4, -0.2) is 52.3 Å². The Morgan fingerprint density at radius 1 is 1.17 bits per heavy atom. The van der Waals surface area contributed by atoms with Gasteiger partial charge in [-0.1, -0.05) is 29.4 Å². The van der Waals surface area contributed by atoms with Crippen LogP contribution in [0.5, 0.6) is 5.75 Å². The molecule has 1 aliphatic heterocycles. The number of rotatable bonds is 9. The highest BCUT2D eigenvalue weighted by Gasteiger charge is 2.47. The number of hydrogen-bond donors (Lipinski definition) is 2. The Balaban J connectivity index is 1.22. The maximum Gasteiger partial charge on any atom is 0.573 e. The molecule has 2 fully saturated rings. The number of nitrogens with one attached hydrogen (secondary N) is 2. The van der Waals surface area contributed by atoms with Crippen molar-refractivity contribution in [1.82, 2.24) is 25.7 Å². The first-order valence-corrected chi connectivity index (χ1v) is 13.7. The van der Waals surface area contributed by atoms with Crippen molar-refractivity contribution in [2.75, 3.05) is 13.1 Å². The van der Waals surface area contributed by atoms with Crippen molar-refractivity contribution in [2.24, 2.45) is 5.92 Å². The standard InChI is InChI=1S/C29H30F3N5O4/c1-16-34-28(41-36-16)24-12-23(24)27(39)33-13-18-5-8-21(17-3-2-4-20(11-17)40-29(30,31)32)22-9-10-37(14-25(18)22)15-26(38)35-19-6-7-19/h2-5,8,11,19,23-24H,6-7,9-10,12-15H2,1H3,(H,33,39)(H,35,38)/t23-,24+/m0/s1. The molecule has 1 aromatic heterocycles. The molecule has 0 unspecified atom stereocenters. The van der Waals surface area contributed by atoms with Gasteiger partial charge in [0.2, 0.25) is 17.7 Å². The Morgan fingerprint density at radius 2 is 2.00 bits per heavy atom. The van der Waals surface area contributed by atoms with Gasteiger partial charge in [0, 0.05) is 25.7 Å². The molecule has 2 saturated carbocycles. The number of alkyl halides is 3. The van der Waals surface area contributed by atoms with Crippen molar-refractivity contribution in [1.29, 1.82) is 0 Å². The molecule has 6 rings (SSSR count). The summed E-state index contributed by atoms with van der Waals surface area (Å²) in [5.41, 5.74) is 4.27. The summed E-state index contributed by atoms with van der Waals surface area (Å²) in [5, 5.41) is 9.85. The fourth-order valence-corrected chi connectivity index (χ4v) is 5.47. The summed E-state index contributed by atoms with van der Waals surface area (Å²) in [4.78, 5) is 31.7. The molecule has 0 radical (unpaired) electrons. The van der Waals surface area contributed by atoms with Crippen LogP contribution < -0.4 is 15.4 Å². The molecule has 3 aromatic rings. The van der Waals surface area contributed by atoms with E-state index in [1.807, 2.05) is 12.1 Å². The van der Waals surface area contributed by atoms with Crippen LogP contribution in [0.25, 0.3) is 11.1 Å². The highest BCUT2D eigenvalue weighted by atomic mass is 19.4. The molecular weight excluding hydrogens is 539 g/mol. The first-order valence-electron chi connectivity index (χ1n) is 13.7. The number of amides is 2. The maximum absolute atomic E-state index is 12.9. The minimum Gasteiger partial charge on any atom is -0.406 e. The van der Waals surface area contributed by atoms with Crippen LogP contribution >= 0.6 is 0 Å². The summed E-state index contributed by atoms with van der Waals surface area (Å²) in [6, 6.07) is 9.98. The molecule has 216 valence electrons. The maximum atomic E-state index is 12.9. The van der Waals surface area contributed by atoms with E-state index in [4.69, 9.17) is 4.52 Å². The molecular formula is C29H30F3N5O4. The van der Waals surface area contributed by atoms with Crippen molar-refractivity contribution in [3.63, 3.8) is 0 Å². The molecule has 0 saturated heterocycles. The zero-order valence-electron chi connectivity index (χ0n) is 22.5. The molecule has 0 bridgehead atoms. The van der Waals surface area contributed by atoms with Gasteiger partial charge in [-0.05, 0) is 72.6 Å². The van der Waals surface area contributed by atoms with Crippen LogP contribution in [0.2, 0.25) is 0 Å². The van der Waals surface area contributed by atoms with Gasteiger partial charge in [0.15, 0.2) is 5.82 Å². The third kappa shape index (κ3) is 6.53. The van der Waals surface area contributed by atoms with E-state index in [0.29, 0.717) is 43.2 Å². The first-order chi connectivity index (χ1) is 19.6. The molecule has 3 aliphatic rings. The van der Waals surface area contributed by atoms with Gasteiger partial charge in [0.25, 0.3) is 0 Å². The number of ether oxygens (including phenoxy) is 1. The minimum absolute atomic E-state index is 0.0185. The predicted molar refractivity (Wildman–Crippen MR) is 140 cm³/mol. The van der Waals surface area contributed by atoms with Crippen LogP contribution in [0.15, 0.2) is 40.9 Å². The topological polar surface area (TPSA) is 110 Å². The summed E-state index contributed by atoms with van der Waals surface area (Å²) in [7, 11) is 0. The lowest BCUT2D eigenvalue weighted by atomic mass is 9.87. The van der Waals surface area contributed by atoms with Gasteiger partial charge in [0.05, 0.1) is 18.4 Å². The highest BCUT2D eigenvalue weighted by molar-refractivity contribution is 5.82. The number of aromatic nitrogens is 2. The number of nitrogens with zero attached hydrogens (tertiary/aromatic N) is 3. The first kappa shape index (κ1) is 27.3. The van der Waals surface area contributed by atoms with Crippen molar-refractivity contribution in [3.05, 3.63) is 64.8 Å². The van der Waals surface area contributed by atoms with Crippen LogP contribution in [0.4, 0.5) is 13.2 Å². The van der Waals surface area contributed by atoms with Crippen LogP contribution in [0, 0.1) is 12.8 Å². The Bertz CT molecular complexity index is 1470. The van der Waals surface area contributed by atoms with Crippen molar-refractivity contribution < 1.29 is 32.0 Å². The van der Waals surface area contributed by atoms with E-state index in [1.165, 1.54) is 18.2 Å². The van der Waals surface area contributed by atoms with E-state index in [9.17, 15) is 22.8 Å². The van der Waals surface area contributed by atoms with Gasteiger partial charge in [0.1, 0.15) is 5.75 Å². The van der Waals surface area contributed by atoms with Crippen LogP contribution in [0.3, 0.4) is 0 Å². The Morgan fingerprint density at radius 3 is 2.73 bits per heavy atom. The molecule has 0 spiro atoms. The van der Waals surface area contributed by atoms with Gasteiger partial charge in [-0.3, -0.25) is 14.5 Å². The summed E-state index contributed by atoms with van der Waals surface area (Å²) in [6.45, 7) is 3.38. The smallest absolute Gasteiger partial charge is 0.406 e. The van der Waals surface area contributed by atoms with Gasteiger partial charge in [-0.2, -0.15) is 4.98 Å². The van der Waals surface area contributed by atoms with Crippen LogP contribution in [-0.2, 0) is 29.1 Å². The van der Waals surface area contributed by atoms with Crippen LogP contribution in [0.1, 0.15) is 53.6 Å². The summed E-state index contributed by atoms with van der Waals surface area (Å²) >= 11 is 0. The Labute approximate surface area is 234 Å². The fraction of sp³-hybridized carbons (Fsp3) is 0.448. The number of fused-ring (bicyclic) bond motifs is 1. The lowest BCUT2D eigenvalue weighted by Gasteiger charge is -2.31. The highest BCUT2D eigenvalue weighted by Crippen LogP contribution is 2.47.